The zero-order valence-corrected chi connectivity index (χ0v) is 19.7. The third-order valence-electron chi connectivity index (χ3n) is 3.19. The van der Waals surface area contributed by atoms with Crippen molar-refractivity contribution in [1.29, 1.82) is 0 Å². The van der Waals surface area contributed by atoms with Gasteiger partial charge in [0.05, 0.1) is 13.2 Å². The summed E-state index contributed by atoms with van der Waals surface area (Å²) in [5, 5.41) is 48.6. The van der Waals surface area contributed by atoms with Crippen LogP contribution in [0.4, 0.5) is 0 Å². The summed E-state index contributed by atoms with van der Waals surface area (Å²) in [7, 11) is 3.76. The lowest BCUT2D eigenvalue weighted by atomic mass is 10.3. The summed E-state index contributed by atoms with van der Waals surface area (Å²) in [6.45, 7) is 9.04. The van der Waals surface area contributed by atoms with Crippen molar-refractivity contribution in [2.75, 3.05) is 53.5 Å². The summed E-state index contributed by atoms with van der Waals surface area (Å²) in [5.41, 5.74) is 0. The van der Waals surface area contributed by atoms with Crippen LogP contribution in [0.25, 0.3) is 0 Å². The Morgan fingerprint density at radius 1 is 0.618 bits per heavy atom. The molecule has 0 amide bonds. The zero-order valence-electron chi connectivity index (χ0n) is 19.7. The van der Waals surface area contributed by atoms with Gasteiger partial charge in [-0.15, -0.1) is 0 Å². The van der Waals surface area contributed by atoms with Crippen LogP contribution < -0.4 is 0 Å². The normalized spacial score (nSPS) is 9.82. The van der Waals surface area contributed by atoms with Gasteiger partial charge in [0, 0.05) is 50.5 Å². The van der Waals surface area contributed by atoms with Crippen LogP contribution in [-0.4, -0.2) is 118 Å². The second-order valence-electron chi connectivity index (χ2n) is 6.20. The standard InChI is InChI=1S/C11H17NO4.C5H13NO2.2C3H4O2/c1-12(8-4-2-6-10(13)14)9-5-3-7-11(15)16;1-6(2-4-7)3-5-8;2*1-2-3(4)5/h2-3,6-7H,4-5,8-9H2,1H3,(H,13,14)(H,15,16);7-8H,2-5H2,1H3;2*2H,1H2,(H,4,5). The van der Waals surface area contributed by atoms with Crippen LogP contribution in [0.2, 0.25) is 0 Å². The Hall–Kier alpha value is -3.32. The summed E-state index contributed by atoms with van der Waals surface area (Å²) in [5.74, 6) is -3.84. The van der Waals surface area contributed by atoms with E-state index in [0.717, 1.165) is 37.4 Å². The number of aliphatic carboxylic acids is 4. The van der Waals surface area contributed by atoms with Crippen molar-refractivity contribution in [3.8, 4) is 0 Å². The molecule has 0 aromatic carbocycles. The van der Waals surface area contributed by atoms with Crippen molar-refractivity contribution in [2.24, 2.45) is 0 Å². The number of likely N-dealkylation sites (N-methyl/N-ethyl adjacent to an activating group) is 1. The summed E-state index contributed by atoms with van der Waals surface area (Å²) >= 11 is 0. The Kier molecular flexibility index (Phi) is 33.1. The van der Waals surface area contributed by atoms with Gasteiger partial charge in [0.1, 0.15) is 0 Å². The molecule has 0 fully saturated rings. The van der Waals surface area contributed by atoms with Gasteiger partial charge in [-0.2, -0.15) is 0 Å². The van der Waals surface area contributed by atoms with E-state index in [9.17, 15) is 19.2 Å². The molecule has 12 nitrogen and oxygen atoms in total. The van der Waals surface area contributed by atoms with E-state index in [1.165, 1.54) is 0 Å². The molecule has 196 valence electrons. The number of nitrogens with zero attached hydrogens (tertiary/aromatic N) is 2. The molecule has 12 heteroatoms. The molecule has 0 heterocycles. The molecule has 0 rings (SSSR count). The van der Waals surface area contributed by atoms with Gasteiger partial charge in [0.15, 0.2) is 0 Å². The fourth-order valence-corrected chi connectivity index (χ4v) is 1.52. The van der Waals surface area contributed by atoms with Crippen molar-refractivity contribution in [3.63, 3.8) is 0 Å². The Bertz CT molecular complexity index is 581. The van der Waals surface area contributed by atoms with Crippen molar-refractivity contribution in [2.45, 2.75) is 12.8 Å². The highest BCUT2D eigenvalue weighted by molar-refractivity contribution is 5.80. The number of hydrogen-bond acceptors (Lipinski definition) is 8. The molecule has 0 radical (unpaired) electrons. The molecule has 0 unspecified atom stereocenters. The van der Waals surface area contributed by atoms with Crippen LogP contribution in [-0.2, 0) is 19.2 Å². The van der Waals surface area contributed by atoms with E-state index in [0.29, 0.717) is 25.9 Å². The van der Waals surface area contributed by atoms with Crippen molar-refractivity contribution in [1.82, 2.24) is 9.80 Å². The minimum absolute atomic E-state index is 0.163. The molecular weight excluding hydrogens is 452 g/mol. The second-order valence-corrected chi connectivity index (χ2v) is 6.20. The van der Waals surface area contributed by atoms with Gasteiger partial charge >= 0.3 is 23.9 Å². The molecule has 0 atom stereocenters. The highest BCUT2D eigenvalue weighted by Crippen LogP contribution is 1.93. The molecule has 0 aliphatic carbocycles. The first-order valence-electron chi connectivity index (χ1n) is 9.96. The maximum atomic E-state index is 10.2. The monoisotopic (exact) mass is 490 g/mol. The van der Waals surface area contributed by atoms with E-state index in [-0.39, 0.29) is 13.2 Å². The van der Waals surface area contributed by atoms with Crippen LogP contribution in [0.5, 0.6) is 0 Å². The Balaban J connectivity index is -0.000000207. The van der Waals surface area contributed by atoms with Crippen LogP contribution in [0.1, 0.15) is 12.8 Å². The Morgan fingerprint density at radius 3 is 1.09 bits per heavy atom. The highest BCUT2D eigenvalue weighted by Gasteiger charge is 1.95. The first kappa shape index (κ1) is 38.0. The topological polar surface area (TPSA) is 196 Å². The predicted molar refractivity (Wildman–Crippen MR) is 128 cm³/mol. The molecular formula is C22H38N2O10. The molecule has 0 aromatic rings. The van der Waals surface area contributed by atoms with E-state index in [1.807, 2.05) is 23.9 Å². The Labute approximate surface area is 200 Å². The molecule has 34 heavy (non-hydrogen) atoms. The van der Waals surface area contributed by atoms with Gasteiger partial charge in [-0.25, -0.2) is 19.2 Å². The van der Waals surface area contributed by atoms with E-state index in [2.05, 4.69) is 13.2 Å². The van der Waals surface area contributed by atoms with Crippen molar-refractivity contribution in [3.05, 3.63) is 49.6 Å². The summed E-state index contributed by atoms with van der Waals surface area (Å²) in [6.07, 6.45) is 8.46. The molecule has 6 N–H and O–H groups in total. The summed E-state index contributed by atoms with van der Waals surface area (Å²) in [6, 6.07) is 0. The van der Waals surface area contributed by atoms with Crippen molar-refractivity contribution < 1.29 is 49.8 Å². The third-order valence-corrected chi connectivity index (χ3v) is 3.19. The number of carboxylic acids is 4. The molecule has 0 saturated carbocycles. The zero-order chi connectivity index (χ0) is 27.4. The summed E-state index contributed by atoms with van der Waals surface area (Å²) < 4.78 is 0. The van der Waals surface area contributed by atoms with Crippen LogP contribution >= 0.6 is 0 Å². The van der Waals surface area contributed by atoms with Gasteiger partial charge in [-0.3, -0.25) is 0 Å². The fraction of sp³-hybridized carbons (Fsp3) is 0.455. The minimum Gasteiger partial charge on any atom is -0.478 e. The summed E-state index contributed by atoms with van der Waals surface area (Å²) in [4.78, 5) is 42.7. The molecule has 0 aliphatic rings. The lowest BCUT2D eigenvalue weighted by Crippen LogP contribution is -2.25. The van der Waals surface area contributed by atoms with Crippen LogP contribution in [0.3, 0.4) is 0 Å². The average molecular weight is 491 g/mol. The molecule has 0 spiro atoms. The number of rotatable bonds is 14. The highest BCUT2D eigenvalue weighted by atomic mass is 16.4. The molecule has 0 bridgehead atoms. The first-order chi connectivity index (χ1) is 15.9. The van der Waals surface area contributed by atoms with Crippen LogP contribution in [0.15, 0.2) is 49.6 Å². The van der Waals surface area contributed by atoms with Gasteiger partial charge in [-0.05, 0) is 26.9 Å². The van der Waals surface area contributed by atoms with Gasteiger partial charge in [0.25, 0.3) is 0 Å². The molecule has 0 saturated heterocycles. The van der Waals surface area contributed by atoms with E-state index >= 15 is 0 Å². The lowest BCUT2D eigenvalue weighted by molar-refractivity contribution is -0.132. The minimum atomic E-state index is -0.981. The van der Waals surface area contributed by atoms with Crippen LogP contribution in [0, 0.1) is 0 Å². The number of carbonyl (C=O) groups is 4. The smallest absolute Gasteiger partial charge is 0.327 e. The Morgan fingerprint density at radius 2 is 0.882 bits per heavy atom. The number of aliphatic hydroxyl groups is 2. The fourth-order valence-electron chi connectivity index (χ4n) is 1.52. The van der Waals surface area contributed by atoms with Gasteiger partial charge in [0.2, 0.25) is 0 Å². The SMILES string of the molecule is C=CC(=O)O.C=CC(=O)O.CN(CCC=CC(=O)O)CCC=CC(=O)O.CN(CCO)CCO. The molecule has 0 aromatic heterocycles. The number of hydrogen-bond donors (Lipinski definition) is 6. The van der Waals surface area contributed by atoms with E-state index in [1.54, 1.807) is 12.2 Å². The quantitative estimate of drug-likeness (QED) is 0.184. The first-order valence-corrected chi connectivity index (χ1v) is 9.96. The third kappa shape index (κ3) is 51.4. The molecule has 0 aliphatic heterocycles. The van der Waals surface area contributed by atoms with E-state index < -0.39 is 23.9 Å². The van der Waals surface area contributed by atoms with Gasteiger partial charge in [-0.1, -0.05) is 25.3 Å². The van der Waals surface area contributed by atoms with E-state index in [4.69, 9.17) is 30.6 Å². The van der Waals surface area contributed by atoms with Gasteiger partial charge < -0.3 is 40.4 Å². The predicted octanol–water partition coefficient (Wildman–Crippen LogP) is 0.397. The number of aliphatic hydroxyl groups excluding tert-OH is 2. The largest absolute Gasteiger partial charge is 0.478 e. The average Bonchev–Trinajstić information content (AvgIpc) is 2.75. The maximum Gasteiger partial charge on any atom is 0.327 e. The lowest BCUT2D eigenvalue weighted by Gasteiger charge is -2.13. The number of carboxylic acid groups (broad SMARTS) is 4. The van der Waals surface area contributed by atoms with Crippen molar-refractivity contribution >= 4 is 23.9 Å². The second kappa shape index (κ2) is 29.7. The maximum absolute atomic E-state index is 10.2.